The van der Waals surface area contributed by atoms with Gasteiger partial charge < -0.3 is 5.32 Å². The van der Waals surface area contributed by atoms with Crippen LogP contribution in [0.25, 0.3) is 0 Å². The Hall–Kier alpha value is -0.380. The fourth-order valence-electron chi connectivity index (χ4n) is 1.73. The summed E-state index contributed by atoms with van der Waals surface area (Å²) in [6.45, 7) is 10.2. The zero-order valence-electron chi connectivity index (χ0n) is 10.5. The molecule has 0 amide bonds. The maximum absolute atomic E-state index is 3.37. The van der Waals surface area contributed by atoms with Crippen molar-refractivity contribution in [2.75, 3.05) is 26.2 Å². The van der Waals surface area contributed by atoms with E-state index >= 15 is 0 Å². The zero-order valence-corrected chi connectivity index (χ0v) is 11.4. The number of hydrogen-bond acceptors (Lipinski definition) is 3. The van der Waals surface area contributed by atoms with E-state index in [0.29, 0.717) is 0 Å². The van der Waals surface area contributed by atoms with Crippen LogP contribution in [0.3, 0.4) is 0 Å². The number of hydrogen-bond donors (Lipinski definition) is 1. The number of nitrogens with one attached hydrogen (secondary N) is 1. The van der Waals surface area contributed by atoms with Crippen molar-refractivity contribution in [3.63, 3.8) is 0 Å². The van der Waals surface area contributed by atoms with Gasteiger partial charge in [0.1, 0.15) is 0 Å². The van der Waals surface area contributed by atoms with Crippen molar-refractivity contribution in [2.45, 2.75) is 33.2 Å². The van der Waals surface area contributed by atoms with Crippen LogP contribution >= 0.6 is 11.3 Å². The van der Waals surface area contributed by atoms with Gasteiger partial charge in [-0.2, -0.15) is 0 Å². The number of unbranched alkanes of at least 4 members (excludes halogenated alkanes) is 1. The standard InChI is InChI=1S/C13H24N2S/c1-3-14-9-5-6-10-15(4-2)12-13-8-7-11-16-13/h7-8,11,14H,3-6,9-10,12H2,1-2H3. The largest absolute Gasteiger partial charge is 0.317 e. The number of nitrogens with zero attached hydrogens (tertiary/aromatic N) is 1. The quantitative estimate of drug-likeness (QED) is 0.668. The summed E-state index contributed by atoms with van der Waals surface area (Å²) >= 11 is 1.86. The molecule has 0 aliphatic rings. The van der Waals surface area contributed by atoms with Crippen LogP contribution in [0.15, 0.2) is 17.5 Å². The monoisotopic (exact) mass is 240 g/mol. The Labute approximate surface area is 104 Å². The Morgan fingerprint density at radius 2 is 2.19 bits per heavy atom. The third-order valence-corrected chi connectivity index (χ3v) is 3.60. The molecule has 1 aromatic heterocycles. The molecule has 3 heteroatoms. The molecule has 0 aliphatic carbocycles. The van der Waals surface area contributed by atoms with Gasteiger partial charge in [0, 0.05) is 11.4 Å². The molecule has 0 atom stereocenters. The fraction of sp³-hybridized carbons (Fsp3) is 0.692. The van der Waals surface area contributed by atoms with Gasteiger partial charge in [-0.3, -0.25) is 4.90 Å². The van der Waals surface area contributed by atoms with Gasteiger partial charge in [-0.1, -0.05) is 19.9 Å². The van der Waals surface area contributed by atoms with Crippen LogP contribution in [0.1, 0.15) is 31.6 Å². The molecule has 1 heterocycles. The van der Waals surface area contributed by atoms with Crippen molar-refractivity contribution in [2.24, 2.45) is 0 Å². The van der Waals surface area contributed by atoms with Crippen LogP contribution in [0.2, 0.25) is 0 Å². The molecule has 2 nitrogen and oxygen atoms in total. The van der Waals surface area contributed by atoms with E-state index in [1.165, 1.54) is 24.3 Å². The topological polar surface area (TPSA) is 15.3 Å². The maximum Gasteiger partial charge on any atom is 0.0327 e. The van der Waals surface area contributed by atoms with Crippen molar-refractivity contribution in [1.29, 1.82) is 0 Å². The summed E-state index contributed by atoms with van der Waals surface area (Å²) in [5, 5.41) is 5.53. The second kappa shape index (κ2) is 8.74. The minimum Gasteiger partial charge on any atom is -0.317 e. The van der Waals surface area contributed by atoms with Crippen LogP contribution in [-0.4, -0.2) is 31.1 Å². The summed E-state index contributed by atoms with van der Waals surface area (Å²) in [5.41, 5.74) is 0. The van der Waals surface area contributed by atoms with E-state index in [2.05, 4.69) is 41.6 Å². The summed E-state index contributed by atoms with van der Waals surface area (Å²) in [6.07, 6.45) is 2.58. The third-order valence-electron chi connectivity index (χ3n) is 2.73. The van der Waals surface area contributed by atoms with Gasteiger partial charge in [0.25, 0.3) is 0 Å². The van der Waals surface area contributed by atoms with Crippen molar-refractivity contribution in [3.8, 4) is 0 Å². The molecule has 1 aromatic rings. The van der Waals surface area contributed by atoms with Crippen LogP contribution < -0.4 is 5.32 Å². The Kier molecular flexibility index (Phi) is 7.47. The van der Waals surface area contributed by atoms with Crippen LogP contribution in [0, 0.1) is 0 Å². The van der Waals surface area contributed by atoms with Gasteiger partial charge in [0.2, 0.25) is 0 Å². The lowest BCUT2D eigenvalue weighted by atomic mass is 10.2. The van der Waals surface area contributed by atoms with E-state index in [0.717, 1.165) is 26.2 Å². The van der Waals surface area contributed by atoms with E-state index in [9.17, 15) is 0 Å². The van der Waals surface area contributed by atoms with Gasteiger partial charge in [-0.05, 0) is 50.5 Å². The molecule has 0 saturated heterocycles. The summed E-state index contributed by atoms with van der Waals surface area (Å²) in [7, 11) is 0. The van der Waals surface area contributed by atoms with E-state index in [1.54, 1.807) is 0 Å². The van der Waals surface area contributed by atoms with Gasteiger partial charge in [-0.15, -0.1) is 11.3 Å². The third kappa shape index (κ3) is 5.64. The average Bonchev–Trinajstić information content (AvgIpc) is 2.80. The summed E-state index contributed by atoms with van der Waals surface area (Å²) < 4.78 is 0. The fourth-order valence-corrected chi connectivity index (χ4v) is 2.48. The Bertz CT molecular complexity index is 246. The molecule has 92 valence electrons. The molecule has 0 fully saturated rings. The van der Waals surface area contributed by atoms with Gasteiger partial charge in [0.15, 0.2) is 0 Å². The number of rotatable bonds is 9. The number of thiophene rings is 1. The second-order valence-electron chi connectivity index (χ2n) is 4.01. The molecule has 0 aliphatic heterocycles. The first-order valence-corrected chi connectivity index (χ1v) is 7.20. The molecule has 0 unspecified atom stereocenters. The molecule has 0 saturated carbocycles. The molecular weight excluding hydrogens is 216 g/mol. The minimum atomic E-state index is 1.09. The van der Waals surface area contributed by atoms with Crippen molar-refractivity contribution >= 4 is 11.3 Å². The molecular formula is C13H24N2S. The van der Waals surface area contributed by atoms with Crippen LogP contribution in [0.5, 0.6) is 0 Å². The molecule has 0 aromatic carbocycles. The van der Waals surface area contributed by atoms with Crippen molar-refractivity contribution in [1.82, 2.24) is 10.2 Å². The van der Waals surface area contributed by atoms with Crippen molar-refractivity contribution < 1.29 is 0 Å². The average molecular weight is 240 g/mol. The van der Waals surface area contributed by atoms with E-state index in [4.69, 9.17) is 0 Å². The molecule has 0 radical (unpaired) electrons. The van der Waals surface area contributed by atoms with Crippen LogP contribution in [0.4, 0.5) is 0 Å². The molecule has 1 rings (SSSR count). The molecule has 0 bridgehead atoms. The smallest absolute Gasteiger partial charge is 0.0327 e. The van der Waals surface area contributed by atoms with Crippen LogP contribution in [-0.2, 0) is 6.54 Å². The zero-order chi connectivity index (χ0) is 11.6. The Morgan fingerprint density at radius 3 is 2.81 bits per heavy atom. The maximum atomic E-state index is 3.37. The lowest BCUT2D eigenvalue weighted by molar-refractivity contribution is 0.276. The first kappa shape index (κ1) is 13.7. The van der Waals surface area contributed by atoms with E-state index < -0.39 is 0 Å². The Morgan fingerprint density at radius 1 is 1.31 bits per heavy atom. The first-order chi connectivity index (χ1) is 7.86. The normalized spacial score (nSPS) is 11.2. The lowest BCUT2D eigenvalue weighted by Gasteiger charge is -2.19. The first-order valence-electron chi connectivity index (χ1n) is 6.32. The molecule has 1 N–H and O–H groups in total. The summed E-state index contributed by atoms with van der Waals surface area (Å²) in [5.74, 6) is 0. The van der Waals surface area contributed by atoms with Crippen molar-refractivity contribution in [3.05, 3.63) is 22.4 Å². The predicted molar refractivity (Wildman–Crippen MR) is 73.0 cm³/mol. The predicted octanol–water partition coefficient (Wildman–Crippen LogP) is 2.96. The van der Waals surface area contributed by atoms with E-state index in [1.807, 2.05) is 11.3 Å². The second-order valence-corrected chi connectivity index (χ2v) is 5.04. The minimum absolute atomic E-state index is 1.09. The summed E-state index contributed by atoms with van der Waals surface area (Å²) in [6, 6.07) is 4.37. The highest BCUT2D eigenvalue weighted by Gasteiger charge is 2.03. The molecule has 0 spiro atoms. The highest BCUT2D eigenvalue weighted by atomic mass is 32.1. The van der Waals surface area contributed by atoms with Gasteiger partial charge in [0.05, 0.1) is 0 Å². The summed E-state index contributed by atoms with van der Waals surface area (Å²) in [4.78, 5) is 4.01. The van der Waals surface area contributed by atoms with E-state index in [-0.39, 0.29) is 0 Å². The SMILES string of the molecule is CCNCCCCN(CC)Cc1cccs1. The van der Waals surface area contributed by atoms with Gasteiger partial charge >= 0.3 is 0 Å². The lowest BCUT2D eigenvalue weighted by Crippen LogP contribution is -2.24. The highest BCUT2D eigenvalue weighted by Crippen LogP contribution is 2.11. The molecule has 16 heavy (non-hydrogen) atoms. The van der Waals surface area contributed by atoms with Gasteiger partial charge in [-0.25, -0.2) is 0 Å². The highest BCUT2D eigenvalue weighted by molar-refractivity contribution is 7.09. The Balaban J connectivity index is 2.12.